The van der Waals surface area contributed by atoms with Gasteiger partial charge in [0.1, 0.15) is 0 Å². The van der Waals surface area contributed by atoms with Crippen LogP contribution in [-0.4, -0.2) is 22.2 Å². The second-order valence-electron chi connectivity index (χ2n) is 4.90. The van der Waals surface area contributed by atoms with Crippen LogP contribution in [0.15, 0.2) is 17.2 Å². The lowest BCUT2D eigenvalue weighted by Crippen LogP contribution is -2.29. The van der Waals surface area contributed by atoms with Crippen molar-refractivity contribution >= 4 is 0 Å². The maximum absolute atomic E-state index is 11.8. The Balaban J connectivity index is 2.30. The zero-order valence-electron chi connectivity index (χ0n) is 11.3. The lowest BCUT2D eigenvalue weighted by atomic mass is 10.1. The Morgan fingerprint density at radius 1 is 1.18 bits per heavy atom. The van der Waals surface area contributed by atoms with Crippen LogP contribution in [0.4, 0.5) is 0 Å². The summed E-state index contributed by atoms with van der Waals surface area (Å²) in [4.78, 5) is 11.8. The van der Waals surface area contributed by atoms with Crippen LogP contribution in [-0.2, 0) is 13.1 Å². The summed E-state index contributed by atoms with van der Waals surface area (Å²) in [6.07, 6.45) is 5.93. The lowest BCUT2D eigenvalue weighted by Gasteiger charge is -2.07. The van der Waals surface area contributed by atoms with Crippen LogP contribution < -0.4 is 11.0 Å². The van der Waals surface area contributed by atoms with Gasteiger partial charge in [0.25, 0.3) is 0 Å². The molecule has 0 atom stereocenters. The van der Waals surface area contributed by atoms with E-state index in [0.29, 0.717) is 0 Å². The second kappa shape index (κ2) is 7.33. The van der Waals surface area contributed by atoms with Gasteiger partial charge in [0.15, 0.2) is 0 Å². The smallest absolute Gasteiger partial charge is 0.315 e. The van der Waals surface area contributed by atoms with Crippen LogP contribution in [0.25, 0.3) is 0 Å². The Bertz CT molecular complexity index is 365. The minimum Gasteiger partial charge on any atom is -0.315 e. The average Bonchev–Trinajstić information content (AvgIpc) is 2.61. The van der Waals surface area contributed by atoms with Crippen molar-refractivity contribution in [2.45, 2.75) is 46.7 Å². The first kappa shape index (κ1) is 14.0. The van der Waals surface area contributed by atoms with Gasteiger partial charge in [-0.3, -0.25) is 9.13 Å². The number of nitrogens with zero attached hydrogens (tertiary/aromatic N) is 2. The molecule has 1 aromatic rings. The molecule has 0 radical (unpaired) electrons. The predicted molar refractivity (Wildman–Crippen MR) is 71.3 cm³/mol. The van der Waals surface area contributed by atoms with Crippen molar-refractivity contribution in [3.63, 3.8) is 0 Å². The fourth-order valence-electron chi connectivity index (χ4n) is 1.75. The van der Waals surface area contributed by atoms with E-state index in [-0.39, 0.29) is 5.69 Å². The van der Waals surface area contributed by atoms with Gasteiger partial charge in [0, 0.05) is 32.0 Å². The summed E-state index contributed by atoms with van der Waals surface area (Å²) in [5, 5.41) is 3.36. The summed E-state index contributed by atoms with van der Waals surface area (Å²) in [6.45, 7) is 9.98. The second-order valence-corrected chi connectivity index (χ2v) is 4.90. The first-order valence-electron chi connectivity index (χ1n) is 6.61. The van der Waals surface area contributed by atoms with E-state index in [2.05, 4.69) is 26.1 Å². The monoisotopic (exact) mass is 239 g/mol. The first-order chi connectivity index (χ1) is 8.15. The van der Waals surface area contributed by atoms with Crippen molar-refractivity contribution in [2.75, 3.05) is 13.1 Å². The molecule has 0 bridgehead atoms. The molecule has 17 heavy (non-hydrogen) atoms. The van der Waals surface area contributed by atoms with Gasteiger partial charge in [-0.05, 0) is 25.3 Å². The Kier molecular flexibility index (Phi) is 6.05. The third kappa shape index (κ3) is 4.77. The molecule has 0 saturated heterocycles. The van der Waals surface area contributed by atoms with Gasteiger partial charge >= 0.3 is 5.69 Å². The molecular formula is C13H25N3O. The van der Waals surface area contributed by atoms with E-state index in [9.17, 15) is 4.79 Å². The van der Waals surface area contributed by atoms with Crippen LogP contribution >= 0.6 is 0 Å². The molecular weight excluding hydrogens is 214 g/mol. The Hall–Kier alpha value is -1.03. The number of aromatic nitrogens is 2. The summed E-state index contributed by atoms with van der Waals surface area (Å²) < 4.78 is 3.55. The van der Waals surface area contributed by atoms with Gasteiger partial charge in [0.05, 0.1) is 0 Å². The molecule has 1 N–H and O–H groups in total. The fourth-order valence-corrected chi connectivity index (χ4v) is 1.75. The Labute approximate surface area is 104 Å². The van der Waals surface area contributed by atoms with Gasteiger partial charge in [-0.2, -0.15) is 0 Å². The highest BCUT2D eigenvalue weighted by molar-refractivity contribution is 4.81. The van der Waals surface area contributed by atoms with Gasteiger partial charge in [0.2, 0.25) is 0 Å². The third-order valence-corrected chi connectivity index (χ3v) is 2.81. The highest BCUT2D eigenvalue weighted by Gasteiger charge is 2.01. The van der Waals surface area contributed by atoms with Crippen molar-refractivity contribution in [1.29, 1.82) is 0 Å². The molecule has 0 aliphatic rings. The van der Waals surface area contributed by atoms with Crippen LogP contribution in [0.3, 0.4) is 0 Å². The highest BCUT2D eigenvalue weighted by Crippen LogP contribution is 1.96. The lowest BCUT2D eigenvalue weighted by molar-refractivity contribution is 0.511. The molecule has 4 nitrogen and oxygen atoms in total. The molecule has 1 aromatic heterocycles. The summed E-state index contributed by atoms with van der Waals surface area (Å²) in [5.41, 5.74) is 0.109. The molecule has 0 aliphatic heterocycles. The third-order valence-electron chi connectivity index (χ3n) is 2.81. The molecule has 0 unspecified atom stereocenters. The summed E-state index contributed by atoms with van der Waals surface area (Å²) in [7, 11) is 0. The molecule has 1 heterocycles. The standard InChI is InChI=1S/C13H25N3O/c1-4-8-15-10-11-16(13(15)17)9-7-14-6-5-12(2)3/h10-12,14H,4-9H2,1-3H3. The molecule has 98 valence electrons. The van der Waals surface area contributed by atoms with Crippen molar-refractivity contribution in [3.8, 4) is 0 Å². The number of imidazole rings is 1. The zero-order chi connectivity index (χ0) is 12.7. The van der Waals surface area contributed by atoms with Crippen LogP contribution in [0.1, 0.15) is 33.6 Å². The minimum atomic E-state index is 0.109. The SMILES string of the molecule is CCCn1ccn(CCNCCC(C)C)c1=O. The fraction of sp³-hybridized carbons (Fsp3) is 0.769. The van der Waals surface area contributed by atoms with Crippen molar-refractivity contribution < 1.29 is 0 Å². The molecule has 4 heteroatoms. The van der Waals surface area contributed by atoms with Gasteiger partial charge in [-0.1, -0.05) is 20.8 Å². The molecule has 0 aromatic carbocycles. The molecule has 0 spiro atoms. The van der Waals surface area contributed by atoms with Crippen molar-refractivity contribution in [1.82, 2.24) is 14.5 Å². The normalized spacial score (nSPS) is 11.3. The maximum atomic E-state index is 11.8. The molecule has 0 amide bonds. The summed E-state index contributed by atoms with van der Waals surface area (Å²) in [5.74, 6) is 0.732. The first-order valence-corrected chi connectivity index (χ1v) is 6.61. The van der Waals surface area contributed by atoms with E-state index < -0.39 is 0 Å². The Morgan fingerprint density at radius 3 is 2.41 bits per heavy atom. The molecule has 0 saturated carbocycles. The summed E-state index contributed by atoms with van der Waals surface area (Å²) >= 11 is 0. The maximum Gasteiger partial charge on any atom is 0.328 e. The van der Waals surface area contributed by atoms with E-state index in [0.717, 1.165) is 38.5 Å². The average molecular weight is 239 g/mol. The van der Waals surface area contributed by atoms with Crippen molar-refractivity contribution in [2.24, 2.45) is 5.92 Å². The largest absolute Gasteiger partial charge is 0.328 e. The molecule has 1 rings (SSSR count). The van der Waals surface area contributed by atoms with Gasteiger partial charge < -0.3 is 5.32 Å². The predicted octanol–water partition coefficient (Wildman–Crippen LogP) is 1.70. The van der Waals surface area contributed by atoms with Gasteiger partial charge in [-0.15, -0.1) is 0 Å². The van der Waals surface area contributed by atoms with Crippen LogP contribution in [0.2, 0.25) is 0 Å². The van der Waals surface area contributed by atoms with Crippen molar-refractivity contribution in [3.05, 3.63) is 22.9 Å². The zero-order valence-corrected chi connectivity index (χ0v) is 11.3. The number of nitrogens with one attached hydrogen (secondary N) is 1. The Morgan fingerprint density at radius 2 is 1.82 bits per heavy atom. The van der Waals surface area contributed by atoms with Crippen LogP contribution in [0.5, 0.6) is 0 Å². The quantitative estimate of drug-likeness (QED) is 0.701. The van der Waals surface area contributed by atoms with E-state index in [1.807, 2.05) is 12.4 Å². The molecule has 0 fully saturated rings. The van der Waals surface area contributed by atoms with Crippen LogP contribution in [0, 0.1) is 5.92 Å². The number of aryl methyl sites for hydroxylation is 1. The molecule has 0 aliphatic carbocycles. The van der Waals surface area contributed by atoms with E-state index in [4.69, 9.17) is 0 Å². The topological polar surface area (TPSA) is 39.0 Å². The number of hydrogen-bond acceptors (Lipinski definition) is 2. The highest BCUT2D eigenvalue weighted by atomic mass is 16.1. The van der Waals surface area contributed by atoms with E-state index in [1.165, 1.54) is 6.42 Å². The minimum absolute atomic E-state index is 0.109. The van der Waals surface area contributed by atoms with E-state index in [1.54, 1.807) is 9.13 Å². The van der Waals surface area contributed by atoms with E-state index >= 15 is 0 Å². The number of rotatable bonds is 8. The summed E-state index contributed by atoms with van der Waals surface area (Å²) in [6, 6.07) is 0. The van der Waals surface area contributed by atoms with Gasteiger partial charge in [-0.25, -0.2) is 4.79 Å². The number of hydrogen-bond donors (Lipinski definition) is 1.